The molecule has 0 saturated carbocycles. The molecular formula is C13H16N2O2S. The van der Waals surface area contributed by atoms with Crippen molar-refractivity contribution < 1.29 is 4.79 Å². The molecule has 0 atom stereocenters. The molecule has 0 bridgehead atoms. The first kappa shape index (κ1) is 12.8. The van der Waals surface area contributed by atoms with Crippen LogP contribution in [0, 0.1) is 0 Å². The van der Waals surface area contributed by atoms with Crippen LogP contribution in [-0.2, 0) is 11.3 Å². The molecule has 0 aliphatic rings. The van der Waals surface area contributed by atoms with Crippen LogP contribution in [0.15, 0.2) is 29.1 Å². The maximum Gasteiger partial charge on any atom is 0.308 e. The molecule has 1 N–H and O–H groups in total. The van der Waals surface area contributed by atoms with Crippen LogP contribution < -0.4 is 10.2 Å². The molecule has 2 aromatic rings. The Kier molecular flexibility index (Phi) is 3.26. The van der Waals surface area contributed by atoms with Gasteiger partial charge in [0.1, 0.15) is 6.54 Å². The van der Waals surface area contributed by atoms with E-state index in [2.05, 4.69) is 5.32 Å². The summed E-state index contributed by atoms with van der Waals surface area (Å²) in [5.41, 5.74) is 0.531. The van der Waals surface area contributed by atoms with Gasteiger partial charge in [0.25, 0.3) is 0 Å². The Morgan fingerprint density at radius 3 is 2.67 bits per heavy atom. The number of carbonyl (C=O) groups excluding carboxylic acids is 1. The van der Waals surface area contributed by atoms with E-state index in [1.54, 1.807) is 0 Å². The van der Waals surface area contributed by atoms with Crippen molar-refractivity contribution in [1.82, 2.24) is 9.88 Å². The normalized spacial score (nSPS) is 11.7. The zero-order valence-electron chi connectivity index (χ0n) is 10.7. The van der Waals surface area contributed by atoms with Crippen molar-refractivity contribution in [2.24, 2.45) is 0 Å². The second-order valence-electron chi connectivity index (χ2n) is 5.22. The Hall–Kier alpha value is -1.62. The highest BCUT2D eigenvalue weighted by Gasteiger charge is 2.16. The standard InChI is InChI=1S/C13H16N2O2S/c1-13(2,3)14-11(16)8-15-9-6-4-5-7-10(9)18-12(15)17/h4-7H,8H2,1-3H3,(H,14,16). The number of nitrogens with zero attached hydrogens (tertiary/aromatic N) is 1. The smallest absolute Gasteiger partial charge is 0.308 e. The summed E-state index contributed by atoms with van der Waals surface area (Å²) in [5, 5.41) is 2.86. The quantitative estimate of drug-likeness (QED) is 0.901. The monoisotopic (exact) mass is 264 g/mol. The van der Waals surface area contributed by atoms with Crippen molar-refractivity contribution in [3.63, 3.8) is 0 Å². The molecule has 1 amide bonds. The molecule has 1 heterocycles. The van der Waals surface area contributed by atoms with Gasteiger partial charge in [-0.3, -0.25) is 14.2 Å². The lowest BCUT2D eigenvalue weighted by atomic mass is 10.1. The average molecular weight is 264 g/mol. The summed E-state index contributed by atoms with van der Waals surface area (Å²) in [6.07, 6.45) is 0. The number of nitrogens with one attached hydrogen (secondary N) is 1. The van der Waals surface area contributed by atoms with Gasteiger partial charge in [-0.25, -0.2) is 0 Å². The van der Waals surface area contributed by atoms with E-state index in [1.807, 2.05) is 45.0 Å². The molecule has 1 aromatic heterocycles. The first-order valence-electron chi connectivity index (χ1n) is 5.76. The summed E-state index contributed by atoms with van der Waals surface area (Å²) < 4.78 is 2.42. The number of benzene rings is 1. The number of hydrogen-bond donors (Lipinski definition) is 1. The molecule has 2 rings (SSSR count). The second kappa shape index (κ2) is 4.57. The van der Waals surface area contributed by atoms with Crippen molar-refractivity contribution in [1.29, 1.82) is 0 Å². The molecule has 0 aliphatic carbocycles. The Bertz CT molecular complexity index is 634. The van der Waals surface area contributed by atoms with Gasteiger partial charge in [-0.1, -0.05) is 23.5 Å². The van der Waals surface area contributed by atoms with Gasteiger partial charge >= 0.3 is 4.87 Å². The third kappa shape index (κ3) is 2.79. The number of amides is 1. The fourth-order valence-electron chi connectivity index (χ4n) is 1.77. The van der Waals surface area contributed by atoms with Gasteiger partial charge in [0.05, 0.1) is 10.2 Å². The number of rotatable bonds is 2. The van der Waals surface area contributed by atoms with E-state index in [9.17, 15) is 9.59 Å². The summed E-state index contributed by atoms with van der Waals surface area (Å²) >= 11 is 1.17. The fourth-order valence-corrected chi connectivity index (χ4v) is 2.66. The van der Waals surface area contributed by atoms with E-state index in [1.165, 1.54) is 15.9 Å². The lowest BCUT2D eigenvalue weighted by Gasteiger charge is -2.20. The Morgan fingerprint density at radius 2 is 2.00 bits per heavy atom. The van der Waals surface area contributed by atoms with E-state index < -0.39 is 0 Å². The van der Waals surface area contributed by atoms with Crippen LogP contribution in [0.4, 0.5) is 0 Å². The van der Waals surface area contributed by atoms with Crippen molar-refractivity contribution in [3.8, 4) is 0 Å². The van der Waals surface area contributed by atoms with Crippen molar-refractivity contribution in [2.45, 2.75) is 32.9 Å². The van der Waals surface area contributed by atoms with Gasteiger partial charge in [-0.15, -0.1) is 0 Å². The topological polar surface area (TPSA) is 51.1 Å². The number of thiazole rings is 1. The predicted molar refractivity (Wildman–Crippen MR) is 74.0 cm³/mol. The molecule has 0 saturated heterocycles. The van der Waals surface area contributed by atoms with Gasteiger partial charge in [0.2, 0.25) is 5.91 Å². The molecule has 0 fully saturated rings. The van der Waals surface area contributed by atoms with E-state index >= 15 is 0 Å². The van der Waals surface area contributed by atoms with Gasteiger partial charge in [-0.2, -0.15) is 0 Å². The molecule has 0 spiro atoms. The summed E-state index contributed by atoms with van der Waals surface area (Å²) in [5.74, 6) is -0.145. The maximum atomic E-state index is 11.9. The first-order chi connectivity index (χ1) is 8.37. The fraction of sp³-hybridized carbons (Fsp3) is 0.385. The van der Waals surface area contributed by atoms with Crippen molar-refractivity contribution in [3.05, 3.63) is 33.9 Å². The molecule has 0 radical (unpaired) electrons. The number of carbonyl (C=O) groups is 1. The zero-order chi connectivity index (χ0) is 13.3. The van der Waals surface area contributed by atoms with Gasteiger partial charge in [0.15, 0.2) is 0 Å². The molecule has 18 heavy (non-hydrogen) atoms. The molecule has 4 nitrogen and oxygen atoms in total. The number of fused-ring (bicyclic) bond motifs is 1. The Balaban J connectivity index is 2.30. The van der Waals surface area contributed by atoms with E-state index in [0.717, 1.165) is 10.2 Å². The van der Waals surface area contributed by atoms with Crippen LogP contribution >= 0.6 is 11.3 Å². The van der Waals surface area contributed by atoms with Crippen LogP contribution in [0.2, 0.25) is 0 Å². The van der Waals surface area contributed by atoms with Crippen LogP contribution in [0.1, 0.15) is 20.8 Å². The summed E-state index contributed by atoms with van der Waals surface area (Å²) in [6.45, 7) is 5.82. The Morgan fingerprint density at radius 1 is 1.33 bits per heavy atom. The van der Waals surface area contributed by atoms with Gasteiger partial charge < -0.3 is 5.32 Å². The van der Waals surface area contributed by atoms with Crippen LogP contribution in [0.25, 0.3) is 10.2 Å². The highest BCUT2D eigenvalue weighted by Crippen LogP contribution is 2.16. The first-order valence-corrected chi connectivity index (χ1v) is 6.58. The molecule has 5 heteroatoms. The highest BCUT2D eigenvalue weighted by molar-refractivity contribution is 7.16. The lowest BCUT2D eigenvalue weighted by Crippen LogP contribution is -2.43. The number of aromatic nitrogens is 1. The molecular weight excluding hydrogens is 248 g/mol. The largest absolute Gasteiger partial charge is 0.350 e. The second-order valence-corrected chi connectivity index (χ2v) is 6.21. The van der Waals surface area contributed by atoms with Crippen LogP contribution in [0.3, 0.4) is 0 Å². The number of para-hydroxylation sites is 1. The van der Waals surface area contributed by atoms with Crippen LogP contribution in [-0.4, -0.2) is 16.0 Å². The molecule has 0 aliphatic heterocycles. The van der Waals surface area contributed by atoms with Crippen molar-refractivity contribution in [2.75, 3.05) is 0 Å². The zero-order valence-corrected chi connectivity index (χ0v) is 11.5. The minimum atomic E-state index is -0.285. The molecule has 1 aromatic carbocycles. The van der Waals surface area contributed by atoms with Gasteiger partial charge in [-0.05, 0) is 32.9 Å². The van der Waals surface area contributed by atoms with E-state index in [-0.39, 0.29) is 22.9 Å². The summed E-state index contributed by atoms with van der Waals surface area (Å²) in [4.78, 5) is 23.6. The SMILES string of the molecule is CC(C)(C)NC(=O)Cn1c(=O)sc2ccccc21. The summed E-state index contributed by atoms with van der Waals surface area (Å²) in [6, 6.07) is 7.50. The average Bonchev–Trinajstić information content (AvgIpc) is 2.53. The Labute approximate surface area is 109 Å². The summed E-state index contributed by atoms with van der Waals surface area (Å²) in [7, 11) is 0. The third-order valence-electron chi connectivity index (χ3n) is 2.39. The van der Waals surface area contributed by atoms with Crippen molar-refractivity contribution >= 4 is 27.5 Å². The lowest BCUT2D eigenvalue weighted by molar-refractivity contribution is -0.123. The minimum absolute atomic E-state index is 0.0696. The van der Waals surface area contributed by atoms with Crippen LogP contribution in [0.5, 0.6) is 0 Å². The van der Waals surface area contributed by atoms with E-state index in [0.29, 0.717) is 0 Å². The predicted octanol–water partition coefficient (Wildman–Crippen LogP) is 1.98. The highest BCUT2D eigenvalue weighted by atomic mass is 32.1. The van der Waals surface area contributed by atoms with E-state index in [4.69, 9.17) is 0 Å². The minimum Gasteiger partial charge on any atom is -0.350 e. The third-order valence-corrected chi connectivity index (χ3v) is 3.35. The number of hydrogen-bond acceptors (Lipinski definition) is 3. The molecule has 96 valence electrons. The molecule has 0 unspecified atom stereocenters. The van der Waals surface area contributed by atoms with Gasteiger partial charge in [0, 0.05) is 5.54 Å². The maximum absolute atomic E-state index is 11.9.